The first-order valence-corrected chi connectivity index (χ1v) is 9.35. The quantitative estimate of drug-likeness (QED) is 0.840. The van der Waals surface area contributed by atoms with E-state index in [0.717, 1.165) is 25.3 Å². The van der Waals surface area contributed by atoms with Crippen molar-refractivity contribution in [1.29, 1.82) is 0 Å². The Kier molecular flexibility index (Phi) is 4.77. The van der Waals surface area contributed by atoms with E-state index in [0.29, 0.717) is 24.7 Å². The Hall–Kier alpha value is -2.57. The number of anilines is 1. The lowest BCUT2D eigenvalue weighted by molar-refractivity contribution is 0.0762. The Labute approximate surface area is 153 Å². The summed E-state index contributed by atoms with van der Waals surface area (Å²) in [5.41, 5.74) is 0.708. The first-order valence-electron chi connectivity index (χ1n) is 9.35. The van der Waals surface area contributed by atoms with Gasteiger partial charge in [-0.25, -0.2) is 9.97 Å². The highest BCUT2D eigenvalue weighted by atomic mass is 16.5. The summed E-state index contributed by atoms with van der Waals surface area (Å²) in [5.74, 6) is 1.59. The van der Waals surface area contributed by atoms with Crippen molar-refractivity contribution < 1.29 is 9.53 Å². The van der Waals surface area contributed by atoms with Gasteiger partial charge in [0, 0.05) is 45.4 Å². The molecule has 0 N–H and O–H groups in total. The van der Waals surface area contributed by atoms with Crippen LogP contribution < -0.4 is 9.64 Å². The summed E-state index contributed by atoms with van der Waals surface area (Å²) in [4.78, 5) is 25.4. The maximum atomic E-state index is 12.6. The fourth-order valence-corrected chi connectivity index (χ4v) is 3.72. The highest BCUT2D eigenvalue weighted by Gasteiger charge is 2.29. The summed E-state index contributed by atoms with van der Waals surface area (Å²) < 4.78 is 7.91. The first-order chi connectivity index (χ1) is 12.7. The normalized spacial score (nSPS) is 20.4. The summed E-state index contributed by atoms with van der Waals surface area (Å²) in [6, 6.07) is 5.67. The fourth-order valence-electron chi connectivity index (χ4n) is 3.72. The van der Waals surface area contributed by atoms with Gasteiger partial charge in [-0.15, -0.1) is 0 Å². The van der Waals surface area contributed by atoms with Crippen LogP contribution in [0, 0.1) is 0 Å². The minimum Gasteiger partial charge on any atom is -0.472 e. The number of hydrogen-bond donors (Lipinski definition) is 0. The van der Waals surface area contributed by atoms with E-state index in [9.17, 15) is 4.79 Å². The SMILES string of the molecule is Cn1cccc1C(=O)N1CC[C@H](Oc2cc(N3CCCCC3)ncn2)C1. The van der Waals surface area contributed by atoms with Gasteiger partial charge in [0.1, 0.15) is 23.9 Å². The van der Waals surface area contributed by atoms with E-state index in [2.05, 4.69) is 14.9 Å². The number of hydrogen-bond acceptors (Lipinski definition) is 5. The number of aryl methyl sites for hydroxylation is 1. The second-order valence-corrected chi connectivity index (χ2v) is 7.05. The molecule has 7 nitrogen and oxygen atoms in total. The van der Waals surface area contributed by atoms with Gasteiger partial charge in [-0.3, -0.25) is 4.79 Å². The Balaban J connectivity index is 1.38. The van der Waals surface area contributed by atoms with Crippen LogP contribution in [0.5, 0.6) is 5.88 Å². The third-order valence-corrected chi connectivity index (χ3v) is 5.19. The molecule has 0 unspecified atom stereocenters. The molecule has 0 aliphatic carbocycles. The van der Waals surface area contributed by atoms with Crippen LogP contribution in [-0.2, 0) is 7.05 Å². The molecule has 0 radical (unpaired) electrons. The lowest BCUT2D eigenvalue weighted by Crippen LogP contribution is -2.32. The van der Waals surface area contributed by atoms with Crippen molar-refractivity contribution in [1.82, 2.24) is 19.4 Å². The molecular weight excluding hydrogens is 330 g/mol. The van der Waals surface area contributed by atoms with E-state index in [1.165, 1.54) is 19.3 Å². The molecule has 1 atom stereocenters. The van der Waals surface area contributed by atoms with Crippen LogP contribution in [0.25, 0.3) is 0 Å². The van der Waals surface area contributed by atoms with Crippen LogP contribution in [0.2, 0.25) is 0 Å². The topological polar surface area (TPSA) is 63.5 Å². The molecule has 26 heavy (non-hydrogen) atoms. The van der Waals surface area contributed by atoms with Gasteiger partial charge in [-0.05, 0) is 31.4 Å². The van der Waals surface area contributed by atoms with Gasteiger partial charge < -0.3 is 19.1 Å². The number of ether oxygens (including phenoxy) is 1. The van der Waals surface area contributed by atoms with Crippen LogP contribution in [0.4, 0.5) is 5.82 Å². The van der Waals surface area contributed by atoms with E-state index < -0.39 is 0 Å². The van der Waals surface area contributed by atoms with Crippen LogP contribution in [0.1, 0.15) is 36.2 Å². The summed E-state index contributed by atoms with van der Waals surface area (Å²) in [5, 5.41) is 0. The average molecular weight is 355 g/mol. The van der Waals surface area contributed by atoms with Gasteiger partial charge in [-0.1, -0.05) is 0 Å². The number of carbonyl (C=O) groups is 1. The standard InChI is InChI=1S/C19H25N5O2/c1-22-8-5-6-16(22)19(25)24-11-7-15(13-24)26-18-12-17(20-14-21-18)23-9-3-2-4-10-23/h5-6,8,12,14-15H,2-4,7,9-11,13H2,1H3/t15-/m0/s1. The molecule has 2 aliphatic heterocycles. The summed E-state index contributed by atoms with van der Waals surface area (Å²) in [6.07, 6.45) is 7.96. The second-order valence-electron chi connectivity index (χ2n) is 7.05. The maximum absolute atomic E-state index is 12.6. The van der Waals surface area contributed by atoms with Crippen molar-refractivity contribution in [3.63, 3.8) is 0 Å². The molecule has 2 aromatic rings. The van der Waals surface area contributed by atoms with Crippen molar-refractivity contribution in [2.24, 2.45) is 7.05 Å². The van der Waals surface area contributed by atoms with E-state index in [1.54, 1.807) is 6.33 Å². The molecule has 2 aliphatic rings. The smallest absolute Gasteiger partial charge is 0.270 e. The predicted molar refractivity (Wildman–Crippen MR) is 98.4 cm³/mol. The third kappa shape index (κ3) is 3.52. The lowest BCUT2D eigenvalue weighted by Gasteiger charge is -2.27. The van der Waals surface area contributed by atoms with Gasteiger partial charge in [0.15, 0.2) is 0 Å². The predicted octanol–water partition coefficient (Wildman–Crippen LogP) is 2.10. The molecule has 4 heterocycles. The Morgan fingerprint density at radius 2 is 2.04 bits per heavy atom. The zero-order valence-corrected chi connectivity index (χ0v) is 15.2. The van der Waals surface area contributed by atoms with Crippen LogP contribution in [0.15, 0.2) is 30.7 Å². The first kappa shape index (κ1) is 16.9. The van der Waals surface area contributed by atoms with Crippen molar-refractivity contribution in [2.45, 2.75) is 31.8 Å². The molecule has 2 aromatic heterocycles. The molecule has 4 rings (SSSR count). The van der Waals surface area contributed by atoms with Gasteiger partial charge in [0.05, 0.1) is 6.54 Å². The van der Waals surface area contributed by atoms with Crippen molar-refractivity contribution in [3.05, 3.63) is 36.4 Å². The molecule has 2 saturated heterocycles. The number of carbonyl (C=O) groups excluding carboxylic acids is 1. The second kappa shape index (κ2) is 7.35. The minimum absolute atomic E-state index is 0.0247. The molecule has 0 spiro atoms. The third-order valence-electron chi connectivity index (χ3n) is 5.19. The molecule has 2 fully saturated rings. The van der Waals surface area contributed by atoms with Crippen molar-refractivity contribution >= 4 is 11.7 Å². The summed E-state index contributed by atoms with van der Waals surface area (Å²) in [6.45, 7) is 3.38. The van der Waals surface area contributed by atoms with Gasteiger partial charge in [-0.2, -0.15) is 0 Å². The Bertz CT molecular complexity index is 769. The molecule has 138 valence electrons. The van der Waals surface area contributed by atoms with Gasteiger partial charge in [0.2, 0.25) is 5.88 Å². The average Bonchev–Trinajstić information content (AvgIpc) is 3.31. The van der Waals surface area contributed by atoms with E-state index in [4.69, 9.17) is 4.74 Å². The van der Waals surface area contributed by atoms with E-state index >= 15 is 0 Å². The van der Waals surface area contributed by atoms with Crippen molar-refractivity contribution in [2.75, 3.05) is 31.1 Å². The van der Waals surface area contributed by atoms with E-state index in [-0.39, 0.29) is 12.0 Å². The zero-order chi connectivity index (χ0) is 17.9. The van der Waals surface area contributed by atoms with Crippen molar-refractivity contribution in [3.8, 4) is 5.88 Å². The molecule has 7 heteroatoms. The highest BCUT2D eigenvalue weighted by molar-refractivity contribution is 5.93. The monoisotopic (exact) mass is 355 g/mol. The fraction of sp³-hybridized carbons (Fsp3) is 0.526. The molecule has 0 aromatic carbocycles. The lowest BCUT2D eigenvalue weighted by atomic mass is 10.1. The largest absolute Gasteiger partial charge is 0.472 e. The zero-order valence-electron chi connectivity index (χ0n) is 15.2. The minimum atomic E-state index is -0.0247. The Morgan fingerprint density at radius 3 is 2.81 bits per heavy atom. The van der Waals surface area contributed by atoms with Crippen LogP contribution in [-0.4, -0.2) is 57.6 Å². The molecule has 0 bridgehead atoms. The van der Waals surface area contributed by atoms with Crippen LogP contribution in [0.3, 0.4) is 0 Å². The number of piperidine rings is 1. The van der Waals surface area contributed by atoms with Crippen LogP contribution >= 0.6 is 0 Å². The van der Waals surface area contributed by atoms with Gasteiger partial charge >= 0.3 is 0 Å². The summed E-state index contributed by atoms with van der Waals surface area (Å²) >= 11 is 0. The summed E-state index contributed by atoms with van der Waals surface area (Å²) in [7, 11) is 1.89. The molecule has 0 saturated carbocycles. The highest BCUT2D eigenvalue weighted by Crippen LogP contribution is 2.23. The Morgan fingerprint density at radius 1 is 1.19 bits per heavy atom. The number of aromatic nitrogens is 3. The maximum Gasteiger partial charge on any atom is 0.270 e. The molecular formula is C19H25N5O2. The number of rotatable bonds is 4. The number of amides is 1. The number of likely N-dealkylation sites (tertiary alicyclic amines) is 1. The van der Waals surface area contributed by atoms with Gasteiger partial charge in [0.25, 0.3) is 5.91 Å². The number of nitrogens with zero attached hydrogens (tertiary/aromatic N) is 5. The molecule has 1 amide bonds. The van der Waals surface area contributed by atoms with E-state index in [1.807, 2.05) is 40.9 Å².